The average Bonchev–Trinajstić information content (AvgIpc) is 1.65. The van der Waals surface area contributed by atoms with Crippen LogP contribution in [0.3, 0.4) is 0 Å². The number of halogens is 3. The summed E-state index contributed by atoms with van der Waals surface area (Å²) in [7, 11) is 0. The van der Waals surface area contributed by atoms with Crippen LogP contribution in [0.1, 0.15) is 0 Å². The van der Waals surface area contributed by atoms with Crippen molar-refractivity contribution in [2.75, 3.05) is 0 Å². The van der Waals surface area contributed by atoms with E-state index in [2.05, 4.69) is 53.4 Å². The molecule has 0 aromatic heterocycles. The van der Waals surface area contributed by atoms with E-state index in [-0.39, 0.29) is 0 Å². The van der Waals surface area contributed by atoms with Crippen LogP contribution in [0.15, 0.2) is 0 Å². The first kappa shape index (κ1) is 9.64. The molecule has 6 heavy (non-hydrogen) atoms. The Morgan fingerprint density at radius 2 is 2.33 bits per heavy atom. The van der Waals surface area contributed by atoms with Gasteiger partial charge in [0, 0.05) is 0 Å². The predicted octanol–water partition coefficient (Wildman–Crippen LogP) is 2.92. The topological polar surface area (TPSA) is 0 Å². The van der Waals surface area contributed by atoms with Gasteiger partial charge in [-0.1, -0.05) is 0 Å². The van der Waals surface area contributed by atoms with Gasteiger partial charge in [0.25, 0.3) is 0 Å². The van der Waals surface area contributed by atoms with Gasteiger partial charge in [-0.25, -0.2) is 0 Å². The van der Waals surface area contributed by atoms with E-state index >= 15 is 0 Å². The second-order valence-electron chi connectivity index (χ2n) is 0.328. The van der Waals surface area contributed by atoms with Crippen molar-refractivity contribution in [2.45, 2.75) is 0 Å². The fourth-order valence-corrected chi connectivity index (χ4v) is 30.8. The third-order valence-electron chi connectivity index (χ3n) is 0.104. The third kappa shape index (κ3) is 5.77. The molecule has 0 radical (unpaired) electrons. The standard InChI is InChI=1S/I2SSe.HI.V/c1-3-2-4;;/h;1H;/q;;+1/p-1. The van der Waals surface area contributed by atoms with Gasteiger partial charge in [0.1, 0.15) is 0 Å². The first-order valence-electron chi connectivity index (χ1n) is 0.815. The van der Waals surface area contributed by atoms with Crippen molar-refractivity contribution >= 4 is 73.3 Å². The Hall–Kier alpha value is 3.64. The van der Waals surface area contributed by atoms with Gasteiger partial charge >= 0.3 is 84.4 Å². The molecule has 1 unspecified atom stereocenters. The van der Waals surface area contributed by atoms with Crippen molar-refractivity contribution in [3.05, 3.63) is 0 Å². The van der Waals surface area contributed by atoms with Crippen molar-refractivity contribution in [1.82, 2.24) is 0 Å². The van der Waals surface area contributed by atoms with Gasteiger partial charge in [-0.15, -0.1) is 0 Å². The van der Waals surface area contributed by atoms with Gasteiger partial charge in [-0.3, -0.25) is 0 Å². The monoisotopic (exact) mass is 544 g/mol. The Morgan fingerprint density at radius 3 is 2.33 bits per heavy atom. The van der Waals surface area contributed by atoms with Crippen LogP contribution in [0.25, 0.3) is 0 Å². The fourth-order valence-electron chi connectivity index (χ4n) is 0.0106. The Morgan fingerprint density at radius 1 is 1.83 bits per heavy atom. The molecular weight excluding hydrogens is 543 g/mol. The molecule has 0 N–H and O–H groups in total. The van der Waals surface area contributed by atoms with E-state index in [0.717, 1.165) is 2.89 Å². The maximum absolute atomic E-state index is 3.13. The number of rotatable bonds is 1. The van der Waals surface area contributed by atoms with E-state index in [9.17, 15) is 0 Å². The first-order chi connectivity index (χ1) is 2.81. The molecule has 0 amide bonds. The predicted molar refractivity (Wildman–Crippen MR) is 55.4 cm³/mol. The summed E-state index contributed by atoms with van der Waals surface area (Å²) >= 11 is 9.33. The zero-order valence-corrected chi connectivity index (χ0v) is 12.8. The molecule has 0 fully saturated rings. The number of hydrogen-bond donors (Lipinski definition) is 0. The van der Waals surface area contributed by atoms with Gasteiger partial charge in [0.05, 0.1) is 0 Å². The molecule has 0 aromatic rings. The summed E-state index contributed by atoms with van der Waals surface area (Å²) in [6.07, 6.45) is 0. The zero-order valence-electron chi connectivity index (χ0n) is 2.40. The van der Waals surface area contributed by atoms with Crippen molar-refractivity contribution in [3.63, 3.8) is 0 Å². The maximum atomic E-state index is 3.13. The molecule has 0 saturated carbocycles. The Kier molecular flexibility index (Phi) is 10.9. The van der Waals surface area contributed by atoms with Crippen molar-refractivity contribution in [1.29, 1.82) is 0 Å². The summed E-state index contributed by atoms with van der Waals surface area (Å²) < 4.78 is 0.821. The minimum atomic E-state index is 0.468. The van der Waals surface area contributed by atoms with Crippen LogP contribution in [0.2, 0.25) is 0 Å². The molecule has 0 aromatic carbocycles. The van der Waals surface area contributed by atoms with E-state index in [1.807, 2.05) is 0 Å². The molecule has 6 heteroatoms. The summed E-state index contributed by atoms with van der Waals surface area (Å²) in [6, 6.07) is 0. The molecule has 0 aliphatic rings. The van der Waals surface area contributed by atoms with Crippen molar-refractivity contribution in [3.8, 4) is 0 Å². The van der Waals surface area contributed by atoms with Crippen LogP contribution in [-0.4, -0.2) is 12.2 Å². The molecule has 0 nitrogen and oxygen atoms in total. The fraction of sp³-hybridized carbons (Fsp3) is 0. The van der Waals surface area contributed by atoms with Crippen molar-refractivity contribution in [2.24, 2.45) is 0 Å². The van der Waals surface area contributed by atoms with Crippen LogP contribution in [0.5, 0.6) is 0 Å². The van der Waals surface area contributed by atoms with E-state index in [1.54, 1.807) is 0 Å². The Labute approximate surface area is 82.0 Å². The van der Waals surface area contributed by atoms with E-state index in [4.69, 9.17) is 0 Å². The molecule has 0 spiro atoms. The van der Waals surface area contributed by atoms with Gasteiger partial charge in [-0.2, -0.15) is 0 Å². The molecule has 0 aliphatic heterocycles. The molecule has 0 bridgehead atoms. The Balaban J connectivity index is 3.50. The summed E-state index contributed by atoms with van der Waals surface area (Å²) in [6.45, 7) is 0. The van der Waals surface area contributed by atoms with Crippen LogP contribution < -0.4 is 0 Å². The summed E-state index contributed by atoms with van der Waals surface area (Å²) in [5.41, 5.74) is 0. The summed E-state index contributed by atoms with van der Waals surface area (Å²) in [5, 5.41) is 0. The van der Waals surface area contributed by atoms with Gasteiger partial charge in [0.2, 0.25) is 0 Å². The molecule has 0 aliphatic carbocycles. The first-order valence-corrected chi connectivity index (χ1v) is 18.5. The molecular formula is I3SSeV. The normalized spacial score (nSPS) is 15.0. The molecule has 38 valence electrons. The van der Waals surface area contributed by atoms with Gasteiger partial charge in [0.15, 0.2) is 0 Å². The van der Waals surface area contributed by atoms with E-state index < -0.39 is 0 Å². The third-order valence-corrected chi connectivity index (χ3v) is 57.9. The van der Waals surface area contributed by atoms with E-state index in [1.165, 1.54) is 0 Å². The SMILES string of the molecule is [Se]=I[S](I)=[V][I]. The Bertz CT molecular complexity index is 78.9. The molecule has 1 atom stereocenters. The van der Waals surface area contributed by atoms with Crippen LogP contribution >= 0.6 is 61.1 Å². The minimum absolute atomic E-state index is 0.468. The molecule has 0 heterocycles. The van der Waals surface area contributed by atoms with Crippen LogP contribution in [-0.2, 0) is 11.2 Å². The van der Waals surface area contributed by atoms with Gasteiger partial charge in [-0.05, 0) is 0 Å². The second kappa shape index (κ2) is 6.76. The zero-order chi connectivity index (χ0) is 4.99. The van der Waals surface area contributed by atoms with Crippen molar-refractivity contribution < 1.29 is 11.2 Å². The average molecular weight is 543 g/mol. The van der Waals surface area contributed by atoms with Crippen LogP contribution in [0.4, 0.5) is 0 Å². The quantitative estimate of drug-likeness (QED) is 0.353. The van der Waals surface area contributed by atoms with Crippen LogP contribution in [0, 0.1) is 0 Å². The molecule has 0 rings (SSSR count). The second-order valence-corrected chi connectivity index (χ2v) is 31.6. The molecule has 0 saturated heterocycles. The van der Waals surface area contributed by atoms with E-state index in [0.29, 0.717) is 28.2 Å². The van der Waals surface area contributed by atoms with Gasteiger partial charge < -0.3 is 0 Å². The summed E-state index contributed by atoms with van der Waals surface area (Å²) in [4.78, 5) is 0. The number of hydrogen-bond acceptors (Lipinski definition) is 0. The summed E-state index contributed by atoms with van der Waals surface area (Å²) in [5.74, 6) is 0.